The first kappa shape index (κ1) is 35.0. The minimum atomic E-state index is 0. The molecule has 35 heavy (non-hydrogen) atoms. The van der Waals surface area contributed by atoms with Crippen molar-refractivity contribution >= 4 is 34.2 Å². The van der Waals surface area contributed by atoms with Crippen LogP contribution in [0.3, 0.4) is 0 Å². The van der Waals surface area contributed by atoms with Gasteiger partial charge in [0.25, 0.3) is 0 Å². The Morgan fingerprint density at radius 2 is 1.14 bits per heavy atom. The maximum Gasteiger partial charge on any atom is 0.144 e. The van der Waals surface area contributed by atoms with Crippen molar-refractivity contribution in [3.05, 3.63) is 34.9 Å². The highest BCUT2D eigenvalue weighted by molar-refractivity contribution is 14.1. The summed E-state index contributed by atoms with van der Waals surface area (Å²) in [5, 5.41) is 0.816. The fourth-order valence-electron chi connectivity index (χ4n) is 4.96. The average Bonchev–Trinajstić information content (AvgIpc) is 2.83. The number of quaternary nitrogens is 1. The molecule has 1 unspecified atom stereocenters. The van der Waals surface area contributed by atoms with Gasteiger partial charge in [-0.2, -0.15) is 0 Å². The highest BCUT2D eigenvalue weighted by Crippen LogP contribution is 2.27. The van der Waals surface area contributed by atoms with Gasteiger partial charge in [0.1, 0.15) is 10.6 Å². The zero-order valence-corrected chi connectivity index (χ0v) is 26.4. The predicted molar refractivity (Wildman–Crippen MR) is 162 cm³/mol. The third-order valence-electron chi connectivity index (χ3n) is 7.23. The molecule has 1 atom stereocenters. The Kier molecular flexibility index (Phi) is 23.2. The Labute approximate surface area is 243 Å². The summed E-state index contributed by atoms with van der Waals surface area (Å²) in [4.78, 5) is 0. The van der Waals surface area contributed by atoms with E-state index < -0.39 is 0 Å². The molecule has 1 rings (SSSR count). The lowest BCUT2D eigenvalue weighted by Crippen LogP contribution is -3.00. The van der Waals surface area contributed by atoms with E-state index in [9.17, 15) is 0 Å². The van der Waals surface area contributed by atoms with E-state index in [1.165, 1.54) is 121 Å². The van der Waals surface area contributed by atoms with Gasteiger partial charge in [-0.3, -0.25) is 0 Å². The molecule has 1 aromatic carbocycles. The van der Waals surface area contributed by atoms with Gasteiger partial charge >= 0.3 is 0 Å². The molecule has 0 saturated heterocycles. The van der Waals surface area contributed by atoms with E-state index >= 15 is 0 Å². The van der Waals surface area contributed by atoms with Crippen LogP contribution in [0.2, 0.25) is 5.02 Å². The molecule has 0 aliphatic carbocycles. The summed E-state index contributed by atoms with van der Waals surface area (Å²) in [5.74, 6) is 3.08. The van der Waals surface area contributed by atoms with Gasteiger partial charge in [0.05, 0.1) is 13.1 Å². The van der Waals surface area contributed by atoms with Crippen molar-refractivity contribution in [3.8, 4) is 12.3 Å². The van der Waals surface area contributed by atoms with Gasteiger partial charge in [0.15, 0.2) is 0 Å². The third-order valence-corrected chi connectivity index (χ3v) is 9.11. The molecule has 1 aromatic rings. The van der Waals surface area contributed by atoms with Crippen LogP contribution in [-0.2, 0) is 6.42 Å². The highest BCUT2D eigenvalue weighted by atomic mass is 127. The molecule has 0 heterocycles. The van der Waals surface area contributed by atoms with Crippen molar-refractivity contribution in [1.82, 2.24) is 0 Å². The molecule has 0 N–H and O–H groups in total. The van der Waals surface area contributed by atoms with E-state index in [1.807, 2.05) is 12.1 Å². The second-order valence-electron chi connectivity index (χ2n) is 10.2. The Morgan fingerprint density at radius 1 is 0.743 bits per heavy atom. The van der Waals surface area contributed by atoms with Crippen LogP contribution in [0.15, 0.2) is 24.3 Å². The van der Waals surface area contributed by atoms with Gasteiger partial charge in [-0.05, 0) is 71.9 Å². The van der Waals surface area contributed by atoms with Crippen molar-refractivity contribution in [2.75, 3.05) is 19.6 Å². The molecular weight excluding hydrogens is 584 g/mol. The number of nitrogens with zero attached hydrogens (tertiary/aromatic N) is 1. The molecule has 1 nitrogen and oxygen atoms in total. The predicted octanol–water partition coefficient (Wildman–Crippen LogP) is 7.38. The van der Waals surface area contributed by atoms with E-state index in [2.05, 4.69) is 54.5 Å². The lowest BCUT2D eigenvalue weighted by Gasteiger charge is -2.42. The van der Waals surface area contributed by atoms with E-state index in [-0.39, 0.29) is 12.4 Å². The summed E-state index contributed by atoms with van der Waals surface area (Å²) in [6, 6.07) is 8.41. The van der Waals surface area contributed by atoms with Crippen molar-refractivity contribution in [2.24, 2.45) is 0 Å². The quantitative estimate of drug-likeness (QED) is 0.0311. The normalized spacial score (nSPS) is 12.2. The van der Waals surface area contributed by atoms with E-state index in [0.29, 0.717) is 4.05 Å². The summed E-state index contributed by atoms with van der Waals surface area (Å²) in [5.41, 5.74) is 1.37. The number of rotatable bonds is 22. The fourth-order valence-corrected chi connectivity index (χ4v) is 6.35. The van der Waals surface area contributed by atoms with Gasteiger partial charge < -0.3 is 16.9 Å². The Balaban J connectivity index is 0.0000116. The molecule has 0 amide bonds. The summed E-state index contributed by atoms with van der Waals surface area (Å²) < 4.78 is 1.58. The molecule has 0 saturated carbocycles. The molecule has 0 fully saturated rings. The van der Waals surface area contributed by atoms with Crippen molar-refractivity contribution in [1.29, 1.82) is 0 Å². The van der Waals surface area contributed by atoms with E-state index in [0.717, 1.165) is 22.5 Å². The smallest absolute Gasteiger partial charge is 0.144 e. The van der Waals surface area contributed by atoms with Crippen LogP contribution in [-0.4, -0.2) is 28.2 Å². The van der Waals surface area contributed by atoms with Crippen molar-refractivity contribution < 1.29 is 16.9 Å². The molecule has 4 heteroatoms. The molecule has 0 radical (unpaired) electrons. The maximum absolute atomic E-state index is 6.13. The van der Waals surface area contributed by atoms with Crippen LogP contribution < -0.4 is 12.4 Å². The molecular formula is C31H52Cl2IN. The molecule has 0 bridgehead atoms. The molecule has 0 aliphatic rings. The fraction of sp³-hybridized carbons (Fsp3) is 0.742. The summed E-state index contributed by atoms with van der Waals surface area (Å²) in [6.07, 6.45) is 28.9. The second-order valence-corrected chi connectivity index (χ2v) is 12.1. The Bertz CT molecular complexity index is 620. The van der Waals surface area contributed by atoms with E-state index in [4.69, 9.17) is 18.0 Å². The SMILES string of the molecule is C#CC[N+](CCCCCCCCCC)(CCCCCCCCCC)C(I)Cc1ccc(Cl)cc1.[Cl-]. The van der Waals surface area contributed by atoms with Crippen LogP contribution >= 0.6 is 34.2 Å². The highest BCUT2D eigenvalue weighted by Gasteiger charge is 2.33. The zero-order valence-electron chi connectivity index (χ0n) is 22.7. The number of hydrogen-bond acceptors (Lipinski definition) is 0. The van der Waals surface area contributed by atoms with Crippen LogP contribution in [0.25, 0.3) is 0 Å². The van der Waals surface area contributed by atoms with Crippen LogP contribution in [0.1, 0.15) is 122 Å². The lowest BCUT2D eigenvalue weighted by molar-refractivity contribution is -0.927. The topological polar surface area (TPSA) is 0 Å². The summed E-state index contributed by atoms with van der Waals surface area (Å²) in [6.45, 7) is 7.88. The maximum atomic E-state index is 6.13. The minimum Gasteiger partial charge on any atom is -1.00 e. The molecule has 202 valence electrons. The first-order chi connectivity index (χ1) is 16.6. The average molecular weight is 637 g/mol. The molecule has 0 aliphatic heterocycles. The molecule has 0 spiro atoms. The first-order valence-corrected chi connectivity index (χ1v) is 15.9. The largest absolute Gasteiger partial charge is 1.00 e. The lowest BCUT2D eigenvalue weighted by atomic mass is 10.0. The van der Waals surface area contributed by atoms with Gasteiger partial charge in [0, 0.05) is 11.4 Å². The second kappa shape index (κ2) is 23.2. The Morgan fingerprint density at radius 3 is 1.54 bits per heavy atom. The molecule has 0 aromatic heterocycles. The van der Waals surface area contributed by atoms with Gasteiger partial charge in [-0.1, -0.05) is 115 Å². The number of unbranched alkanes of at least 4 members (excludes halogenated alkanes) is 14. The van der Waals surface area contributed by atoms with Crippen LogP contribution in [0.5, 0.6) is 0 Å². The van der Waals surface area contributed by atoms with Gasteiger partial charge in [0.2, 0.25) is 0 Å². The third kappa shape index (κ3) is 16.5. The van der Waals surface area contributed by atoms with E-state index in [1.54, 1.807) is 0 Å². The summed E-state index contributed by atoms with van der Waals surface area (Å²) >= 11 is 8.83. The van der Waals surface area contributed by atoms with Crippen LogP contribution in [0.4, 0.5) is 0 Å². The van der Waals surface area contributed by atoms with Crippen LogP contribution in [0, 0.1) is 12.3 Å². The minimum absolute atomic E-state index is 0. The zero-order chi connectivity index (χ0) is 24.9. The van der Waals surface area contributed by atoms with Gasteiger partial charge in [-0.15, -0.1) is 6.42 Å². The number of halogens is 3. The number of benzene rings is 1. The number of alkyl halides is 1. The summed E-state index contributed by atoms with van der Waals surface area (Å²) in [7, 11) is 0. The Hall–Kier alpha value is 0.0500. The monoisotopic (exact) mass is 635 g/mol. The standard InChI is InChI=1S/C31H52ClIN.ClH/c1-4-7-9-11-13-15-17-19-26-34(25-6-3,27-20-18-16-14-12-10-8-5-2)31(33)28-29-21-23-30(32)24-22-29;/h3,21-24,31H,4-5,7-20,25-28H2,1-2H3;1H/q+1;/p-1. The van der Waals surface area contributed by atoms with Crippen molar-refractivity contribution in [3.63, 3.8) is 0 Å². The number of terminal acetylenes is 1. The van der Waals surface area contributed by atoms with Crippen molar-refractivity contribution in [2.45, 2.75) is 127 Å². The first-order valence-electron chi connectivity index (χ1n) is 14.3. The van der Waals surface area contributed by atoms with Gasteiger partial charge in [-0.25, -0.2) is 0 Å². The number of hydrogen-bond donors (Lipinski definition) is 0.